The van der Waals surface area contributed by atoms with Gasteiger partial charge in [-0.2, -0.15) is 0 Å². The molecule has 0 rings (SSSR count). The van der Waals surface area contributed by atoms with Gasteiger partial charge in [-0.05, 0) is 51.9 Å². The molecule has 252 valence electrons. The molecule has 0 heterocycles. The molecular weight excluding hydrogens is 564 g/mol. The molecule has 43 heavy (non-hydrogen) atoms. The van der Waals surface area contributed by atoms with Crippen LogP contribution >= 0.6 is 0 Å². The third-order valence-electron chi connectivity index (χ3n) is 8.02. The molecule has 0 saturated carbocycles. The number of hydrogen-bond donors (Lipinski definition) is 0. The number of aliphatic carboxylic acids is 2. The van der Waals surface area contributed by atoms with E-state index < -0.39 is 11.9 Å². The smallest absolute Gasteiger partial charge is 0.549 e. The van der Waals surface area contributed by atoms with Gasteiger partial charge in [-0.25, -0.2) is 0 Å². The Morgan fingerprint density at radius 3 is 0.744 bits per heavy atom. The maximum atomic E-state index is 10.8. The normalized spacial score (nSPS) is 10.9. The van der Waals surface area contributed by atoms with Crippen LogP contribution in [0.3, 0.4) is 0 Å². The number of unbranched alkanes of at least 4 members (excludes halogenated alkanes) is 20. The largest absolute Gasteiger partial charge is 2.00 e. The van der Waals surface area contributed by atoms with Gasteiger partial charge in [0, 0.05) is 13.1 Å². The third-order valence-corrected chi connectivity index (χ3v) is 8.02. The number of rotatable bonds is 32. The summed E-state index contributed by atoms with van der Waals surface area (Å²) >= 11 is 0. The van der Waals surface area contributed by atoms with Gasteiger partial charge in [0.05, 0.1) is 11.9 Å². The summed E-state index contributed by atoms with van der Waals surface area (Å²) in [6.07, 6.45) is 30.1. The number of carbonyl (C=O) groups is 2. The third kappa shape index (κ3) is 42.1. The van der Waals surface area contributed by atoms with Crippen LogP contribution in [-0.2, 0) is 9.59 Å². The number of carboxylic acid groups (broad SMARTS) is 2. The summed E-state index contributed by atoms with van der Waals surface area (Å²) in [5.41, 5.74) is 0. The minimum absolute atomic E-state index is 0. The summed E-state index contributed by atoms with van der Waals surface area (Å²) in [5, 5.41) is 21.6. The Bertz CT molecular complexity index is 485. The first-order valence-electron chi connectivity index (χ1n) is 18.2. The van der Waals surface area contributed by atoms with E-state index in [2.05, 4.69) is 37.5 Å². The molecule has 0 fully saturated rings. The first-order valence-corrected chi connectivity index (χ1v) is 18.2. The molecule has 0 unspecified atom stereocenters. The molecular formula is C36H72CaN2O4. The molecule has 0 N–H and O–H groups in total. The monoisotopic (exact) mass is 637 g/mol. The van der Waals surface area contributed by atoms with E-state index >= 15 is 0 Å². The van der Waals surface area contributed by atoms with E-state index in [1.807, 2.05) is 0 Å². The summed E-state index contributed by atoms with van der Waals surface area (Å²) in [4.78, 5) is 25.7. The second-order valence-electron chi connectivity index (χ2n) is 12.4. The van der Waals surface area contributed by atoms with Crippen molar-refractivity contribution in [2.24, 2.45) is 0 Å². The predicted octanol–water partition coefficient (Wildman–Crippen LogP) is 7.14. The molecule has 0 radical (unpaired) electrons. The van der Waals surface area contributed by atoms with Gasteiger partial charge in [-0.1, -0.05) is 156 Å². The van der Waals surface area contributed by atoms with E-state index in [1.54, 1.807) is 0 Å². The van der Waals surface area contributed by atoms with Crippen LogP contribution in [0.5, 0.6) is 0 Å². The van der Waals surface area contributed by atoms with E-state index in [9.17, 15) is 19.8 Å². The molecule has 7 heteroatoms. The van der Waals surface area contributed by atoms with Crippen molar-refractivity contribution in [1.82, 2.24) is 9.80 Å². The van der Waals surface area contributed by atoms with Crippen LogP contribution in [0.25, 0.3) is 0 Å². The zero-order valence-electron chi connectivity index (χ0n) is 29.4. The summed E-state index contributed by atoms with van der Waals surface area (Å²) in [6.45, 7) is 12.7. The quantitative estimate of drug-likeness (QED) is 0.0576. The number of carboxylic acids is 2. The fraction of sp³-hybridized carbons (Fsp3) is 0.944. The maximum Gasteiger partial charge on any atom is 2.00 e. The Morgan fingerprint density at radius 1 is 0.372 bits per heavy atom. The van der Waals surface area contributed by atoms with Gasteiger partial charge in [0.1, 0.15) is 0 Å². The van der Waals surface area contributed by atoms with E-state index in [0.717, 1.165) is 51.9 Å². The van der Waals surface area contributed by atoms with Gasteiger partial charge in [0.25, 0.3) is 0 Å². The summed E-state index contributed by atoms with van der Waals surface area (Å²) < 4.78 is 0. The molecule has 0 aromatic carbocycles. The SMILES string of the molecule is CCCCCCCCN(CCCCCCCC)CC(=O)[O-].CCCCCCCCN(CCCCCCCC)CC(=O)[O-].[Ca+2]. The van der Waals surface area contributed by atoms with Gasteiger partial charge < -0.3 is 19.8 Å². The Morgan fingerprint density at radius 2 is 0.558 bits per heavy atom. The van der Waals surface area contributed by atoms with Gasteiger partial charge in [0.15, 0.2) is 0 Å². The zero-order valence-corrected chi connectivity index (χ0v) is 31.7. The molecule has 0 aliphatic heterocycles. The van der Waals surface area contributed by atoms with Crippen molar-refractivity contribution >= 4 is 49.7 Å². The summed E-state index contributed by atoms with van der Waals surface area (Å²) in [7, 11) is 0. The van der Waals surface area contributed by atoms with Gasteiger partial charge in [-0.15, -0.1) is 0 Å². The second-order valence-corrected chi connectivity index (χ2v) is 12.4. The van der Waals surface area contributed by atoms with E-state index in [0.29, 0.717) is 0 Å². The van der Waals surface area contributed by atoms with Crippen LogP contribution in [0.15, 0.2) is 0 Å². The zero-order chi connectivity index (χ0) is 31.5. The molecule has 0 bridgehead atoms. The molecule has 0 aromatic heterocycles. The fourth-order valence-corrected chi connectivity index (χ4v) is 5.37. The Kier molecular flexibility index (Phi) is 44.4. The summed E-state index contributed by atoms with van der Waals surface area (Å²) in [6, 6.07) is 0. The molecule has 0 aliphatic rings. The maximum absolute atomic E-state index is 10.8. The van der Waals surface area contributed by atoms with Gasteiger partial charge >= 0.3 is 37.7 Å². The number of nitrogens with zero attached hydrogens (tertiary/aromatic N) is 2. The second kappa shape index (κ2) is 40.1. The van der Waals surface area contributed by atoms with Gasteiger partial charge in [0.2, 0.25) is 0 Å². The first-order chi connectivity index (χ1) is 20.4. The van der Waals surface area contributed by atoms with Crippen molar-refractivity contribution in [2.45, 2.75) is 182 Å². The molecule has 0 aliphatic carbocycles. The van der Waals surface area contributed by atoms with Crippen LogP contribution < -0.4 is 10.2 Å². The molecule has 0 aromatic rings. The van der Waals surface area contributed by atoms with Crippen molar-refractivity contribution < 1.29 is 19.8 Å². The van der Waals surface area contributed by atoms with Crippen molar-refractivity contribution in [3.05, 3.63) is 0 Å². The van der Waals surface area contributed by atoms with Crippen molar-refractivity contribution in [2.75, 3.05) is 39.3 Å². The van der Waals surface area contributed by atoms with Gasteiger partial charge in [-0.3, -0.25) is 9.80 Å². The topological polar surface area (TPSA) is 86.7 Å². The average molecular weight is 637 g/mol. The van der Waals surface area contributed by atoms with E-state index in [-0.39, 0.29) is 50.8 Å². The van der Waals surface area contributed by atoms with Crippen LogP contribution in [0.4, 0.5) is 0 Å². The van der Waals surface area contributed by atoms with Crippen molar-refractivity contribution in [3.8, 4) is 0 Å². The number of carbonyl (C=O) groups excluding carboxylic acids is 2. The van der Waals surface area contributed by atoms with Crippen molar-refractivity contribution in [3.63, 3.8) is 0 Å². The summed E-state index contributed by atoms with van der Waals surface area (Å²) in [5.74, 6) is -1.88. The minimum atomic E-state index is -0.938. The Balaban J connectivity index is -0.000000727. The van der Waals surface area contributed by atoms with Crippen LogP contribution in [0, 0.1) is 0 Å². The Hall–Kier alpha value is 0.120. The predicted molar refractivity (Wildman–Crippen MR) is 182 cm³/mol. The Labute approximate surface area is 298 Å². The molecule has 0 atom stereocenters. The van der Waals surface area contributed by atoms with Crippen molar-refractivity contribution in [1.29, 1.82) is 0 Å². The fourth-order valence-electron chi connectivity index (χ4n) is 5.37. The first kappa shape index (κ1) is 47.5. The molecule has 0 spiro atoms. The molecule has 6 nitrogen and oxygen atoms in total. The standard InChI is InChI=1S/2C18H37NO2.Ca/c2*1-3-5-7-9-11-13-15-19(17-18(20)21)16-14-12-10-8-6-4-2;/h2*3-17H2,1-2H3,(H,20,21);/q;;+2/p-2. The molecule has 0 saturated heterocycles. The van der Waals surface area contributed by atoms with Crippen LogP contribution in [0.1, 0.15) is 182 Å². The van der Waals surface area contributed by atoms with E-state index in [4.69, 9.17) is 0 Å². The van der Waals surface area contributed by atoms with Crippen LogP contribution in [0.2, 0.25) is 0 Å². The minimum Gasteiger partial charge on any atom is -0.549 e. The van der Waals surface area contributed by atoms with E-state index in [1.165, 1.54) is 128 Å². The average Bonchev–Trinajstić information content (AvgIpc) is 2.95. The van der Waals surface area contributed by atoms with Crippen LogP contribution in [-0.4, -0.2) is 98.7 Å². The number of hydrogen-bond acceptors (Lipinski definition) is 6. The molecule has 0 amide bonds.